The van der Waals surface area contributed by atoms with Crippen LogP contribution in [0.25, 0.3) is 0 Å². The maximum Gasteiger partial charge on any atom is 0.419 e. The summed E-state index contributed by atoms with van der Waals surface area (Å²) in [5.41, 5.74) is 4.17. The van der Waals surface area contributed by atoms with Crippen molar-refractivity contribution >= 4 is 5.91 Å². The number of nitrogens with one attached hydrogen (secondary N) is 1. The van der Waals surface area contributed by atoms with Crippen LogP contribution in [-0.2, 0) is 15.7 Å². The Morgan fingerprint density at radius 2 is 1.96 bits per heavy atom. The number of alkyl halides is 3. The van der Waals surface area contributed by atoms with Crippen LogP contribution in [0.3, 0.4) is 0 Å². The molecule has 5 nitrogen and oxygen atoms in total. The first-order chi connectivity index (χ1) is 10.8. The molecule has 1 aliphatic rings. The Bertz CT molecular complexity index is 543. The maximum absolute atomic E-state index is 12.8. The molecule has 0 unspecified atom stereocenters. The van der Waals surface area contributed by atoms with Crippen molar-refractivity contribution in [2.45, 2.75) is 24.6 Å². The van der Waals surface area contributed by atoms with E-state index in [4.69, 9.17) is 15.2 Å². The smallest absolute Gasteiger partial charge is 0.419 e. The molecule has 2 rings (SSSR count). The standard InChI is InChI=1S/C15H19F3N2O3/c16-15(17,18)11-3-1-2-4-12(11)23-10-7-20-13(21)14(19)5-8-22-9-6-14/h1-4H,5-10,19H2,(H,20,21). The Hall–Kier alpha value is -1.80. The normalized spacial score (nSPS) is 17.6. The van der Waals surface area contributed by atoms with Gasteiger partial charge in [0.1, 0.15) is 12.4 Å². The van der Waals surface area contributed by atoms with E-state index in [1.165, 1.54) is 18.2 Å². The molecule has 0 aliphatic carbocycles. The predicted molar refractivity (Wildman–Crippen MR) is 76.9 cm³/mol. The molecule has 1 aliphatic heterocycles. The molecular weight excluding hydrogens is 313 g/mol. The number of halogens is 3. The monoisotopic (exact) mass is 332 g/mol. The second kappa shape index (κ2) is 7.18. The first-order valence-electron chi connectivity index (χ1n) is 7.27. The van der Waals surface area contributed by atoms with Gasteiger partial charge < -0.3 is 20.5 Å². The number of rotatable bonds is 5. The highest BCUT2D eigenvalue weighted by molar-refractivity contribution is 5.86. The summed E-state index contributed by atoms with van der Waals surface area (Å²) in [6.45, 7) is 0.828. The van der Waals surface area contributed by atoms with Gasteiger partial charge in [-0.1, -0.05) is 12.1 Å². The molecule has 1 heterocycles. The average Bonchev–Trinajstić information content (AvgIpc) is 2.51. The zero-order valence-electron chi connectivity index (χ0n) is 12.5. The number of carbonyl (C=O) groups excluding carboxylic acids is 1. The fourth-order valence-corrected chi connectivity index (χ4v) is 2.29. The molecule has 1 aromatic carbocycles. The van der Waals surface area contributed by atoms with Crippen LogP contribution in [0.1, 0.15) is 18.4 Å². The Kier molecular flexibility index (Phi) is 5.48. The van der Waals surface area contributed by atoms with E-state index in [-0.39, 0.29) is 24.8 Å². The van der Waals surface area contributed by atoms with E-state index in [0.29, 0.717) is 26.1 Å². The Labute approximate surface area is 131 Å². The number of para-hydroxylation sites is 1. The highest BCUT2D eigenvalue weighted by Crippen LogP contribution is 2.35. The van der Waals surface area contributed by atoms with Gasteiger partial charge in [-0.3, -0.25) is 4.79 Å². The van der Waals surface area contributed by atoms with E-state index in [9.17, 15) is 18.0 Å². The zero-order chi connectivity index (χ0) is 16.9. The molecule has 23 heavy (non-hydrogen) atoms. The third-order valence-electron chi connectivity index (χ3n) is 3.67. The third-order valence-corrected chi connectivity index (χ3v) is 3.67. The van der Waals surface area contributed by atoms with Gasteiger partial charge in [0.15, 0.2) is 0 Å². The number of carbonyl (C=O) groups is 1. The third kappa shape index (κ3) is 4.59. The van der Waals surface area contributed by atoms with Crippen LogP contribution < -0.4 is 15.8 Å². The van der Waals surface area contributed by atoms with Gasteiger partial charge in [-0.2, -0.15) is 13.2 Å². The van der Waals surface area contributed by atoms with Crippen molar-refractivity contribution < 1.29 is 27.4 Å². The molecule has 0 radical (unpaired) electrons. The molecule has 0 bridgehead atoms. The number of benzene rings is 1. The average molecular weight is 332 g/mol. The summed E-state index contributed by atoms with van der Waals surface area (Å²) in [4.78, 5) is 12.0. The molecule has 1 fully saturated rings. The van der Waals surface area contributed by atoms with Gasteiger partial charge in [0, 0.05) is 13.2 Å². The van der Waals surface area contributed by atoms with Crippen LogP contribution >= 0.6 is 0 Å². The molecule has 0 saturated carbocycles. The van der Waals surface area contributed by atoms with Gasteiger partial charge in [0.25, 0.3) is 0 Å². The van der Waals surface area contributed by atoms with Crippen LogP contribution in [-0.4, -0.2) is 37.8 Å². The van der Waals surface area contributed by atoms with Gasteiger partial charge in [0.05, 0.1) is 17.6 Å². The highest BCUT2D eigenvalue weighted by atomic mass is 19.4. The van der Waals surface area contributed by atoms with E-state index >= 15 is 0 Å². The minimum absolute atomic E-state index is 0.0742. The summed E-state index contributed by atoms with van der Waals surface area (Å²) < 4.78 is 48.7. The van der Waals surface area contributed by atoms with Gasteiger partial charge in [-0.15, -0.1) is 0 Å². The number of ether oxygens (including phenoxy) is 2. The van der Waals surface area contributed by atoms with Crippen molar-refractivity contribution in [2.75, 3.05) is 26.4 Å². The molecule has 0 spiro atoms. The lowest BCUT2D eigenvalue weighted by atomic mass is 9.90. The van der Waals surface area contributed by atoms with Crippen LogP contribution in [0.4, 0.5) is 13.2 Å². The van der Waals surface area contributed by atoms with Crippen molar-refractivity contribution in [3.05, 3.63) is 29.8 Å². The van der Waals surface area contributed by atoms with E-state index in [1.807, 2.05) is 0 Å². The second-order valence-corrected chi connectivity index (χ2v) is 5.37. The Morgan fingerprint density at radius 1 is 1.30 bits per heavy atom. The lowest BCUT2D eigenvalue weighted by molar-refractivity contribution is -0.139. The molecule has 0 aromatic heterocycles. The lowest BCUT2D eigenvalue weighted by Gasteiger charge is -2.31. The SMILES string of the molecule is NC1(C(=O)NCCOc2ccccc2C(F)(F)F)CCOCC1. The van der Waals surface area contributed by atoms with Crippen LogP contribution in [0.5, 0.6) is 5.75 Å². The highest BCUT2D eigenvalue weighted by Gasteiger charge is 2.36. The quantitative estimate of drug-likeness (QED) is 0.805. The van der Waals surface area contributed by atoms with Crippen LogP contribution in [0, 0.1) is 0 Å². The summed E-state index contributed by atoms with van der Waals surface area (Å²) >= 11 is 0. The summed E-state index contributed by atoms with van der Waals surface area (Å²) in [5.74, 6) is -0.601. The molecule has 1 aromatic rings. The van der Waals surface area contributed by atoms with Crippen molar-refractivity contribution in [1.29, 1.82) is 0 Å². The number of hydrogen-bond acceptors (Lipinski definition) is 4. The molecule has 1 saturated heterocycles. The van der Waals surface area contributed by atoms with Gasteiger partial charge in [0.2, 0.25) is 5.91 Å². The molecular formula is C15H19F3N2O3. The summed E-state index contributed by atoms with van der Waals surface area (Å²) in [6.07, 6.45) is -3.66. The van der Waals surface area contributed by atoms with E-state index < -0.39 is 17.3 Å². The van der Waals surface area contributed by atoms with Crippen molar-refractivity contribution in [2.24, 2.45) is 5.73 Å². The second-order valence-electron chi connectivity index (χ2n) is 5.37. The van der Waals surface area contributed by atoms with Crippen molar-refractivity contribution in [3.63, 3.8) is 0 Å². The number of amides is 1. The summed E-state index contributed by atoms with van der Waals surface area (Å²) in [5, 5.41) is 2.60. The fourth-order valence-electron chi connectivity index (χ4n) is 2.29. The fraction of sp³-hybridized carbons (Fsp3) is 0.533. The van der Waals surface area contributed by atoms with Crippen LogP contribution in [0.2, 0.25) is 0 Å². The van der Waals surface area contributed by atoms with Crippen molar-refractivity contribution in [3.8, 4) is 5.75 Å². The summed E-state index contributed by atoms with van der Waals surface area (Å²) in [6, 6.07) is 4.94. The van der Waals surface area contributed by atoms with Gasteiger partial charge in [-0.25, -0.2) is 0 Å². The van der Waals surface area contributed by atoms with Gasteiger partial charge in [-0.05, 0) is 25.0 Å². The molecule has 1 amide bonds. The number of nitrogens with two attached hydrogens (primary N) is 1. The lowest BCUT2D eigenvalue weighted by Crippen LogP contribution is -2.57. The minimum atomic E-state index is -4.48. The predicted octanol–water partition coefficient (Wildman–Crippen LogP) is 1.71. The zero-order valence-corrected chi connectivity index (χ0v) is 12.5. The van der Waals surface area contributed by atoms with Crippen LogP contribution in [0.15, 0.2) is 24.3 Å². The first kappa shape index (κ1) is 17.6. The van der Waals surface area contributed by atoms with E-state index in [2.05, 4.69) is 5.32 Å². The van der Waals surface area contributed by atoms with E-state index in [1.54, 1.807) is 0 Å². The molecule has 8 heteroatoms. The Morgan fingerprint density at radius 3 is 2.61 bits per heavy atom. The first-order valence-corrected chi connectivity index (χ1v) is 7.27. The van der Waals surface area contributed by atoms with Gasteiger partial charge >= 0.3 is 6.18 Å². The largest absolute Gasteiger partial charge is 0.491 e. The molecule has 3 N–H and O–H groups in total. The molecule has 0 atom stereocenters. The Balaban J connectivity index is 1.83. The summed E-state index contributed by atoms with van der Waals surface area (Å²) in [7, 11) is 0. The maximum atomic E-state index is 12.8. The minimum Gasteiger partial charge on any atom is -0.491 e. The van der Waals surface area contributed by atoms with Crippen molar-refractivity contribution in [1.82, 2.24) is 5.32 Å². The van der Waals surface area contributed by atoms with E-state index in [0.717, 1.165) is 6.07 Å². The molecule has 128 valence electrons. The number of hydrogen-bond donors (Lipinski definition) is 2. The topological polar surface area (TPSA) is 73.6 Å².